The second-order valence-corrected chi connectivity index (χ2v) is 4.74. The highest BCUT2D eigenvalue weighted by Crippen LogP contribution is 2.26. The Hall–Kier alpha value is -0.120. The molecule has 0 aliphatic carbocycles. The molecule has 0 aliphatic rings. The standard InChI is InChI=1S/C13H30N2O/c1-5-8-15(9-10-16)12-13(6-2,7-3)11-14-4/h14,16H,5-12H2,1-4H3. The Morgan fingerprint density at radius 3 is 2.12 bits per heavy atom. The van der Waals surface area contributed by atoms with Gasteiger partial charge in [0.15, 0.2) is 0 Å². The smallest absolute Gasteiger partial charge is 0.0558 e. The van der Waals surface area contributed by atoms with E-state index in [2.05, 4.69) is 31.0 Å². The summed E-state index contributed by atoms with van der Waals surface area (Å²) in [6.45, 7) is 11.0. The summed E-state index contributed by atoms with van der Waals surface area (Å²) in [4.78, 5) is 2.39. The molecule has 0 aromatic rings. The molecule has 0 amide bonds. The minimum Gasteiger partial charge on any atom is -0.395 e. The van der Waals surface area contributed by atoms with Gasteiger partial charge in [0, 0.05) is 19.6 Å². The van der Waals surface area contributed by atoms with E-state index < -0.39 is 0 Å². The molecular formula is C13H30N2O. The average Bonchev–Trinajstić information content (AvgIpc) is 2.29. The number of hydrogen-bond acceptors (Lipinski definition) is 3. The number of aliphatic hydroxyl groups is 1. The summed E-state index contributed by atoms with van der Waals surface area (Å²) >= 11 is 0. The predicted molar refractivity (Wildman–Crippen MR) is 70.8 cm³/mol. The minimum atomic E-state index is 0.267. The molecule has 0 radical (unpaired) electrons. The lowest BCUT2D eigenvalue weighted by atomic mass is 9.81. The van der Waals surface area contributed by atoms with Crippen molar-refractivity contribution in [3.8, 4) is 0 Å². The first kappa shape index (κ1) is 15.9. The zero-order chi connectivity index (χ0) is 12.4. The Morgan fingerprint density at radius 1 is 1.12 bits per heavy atom. The molecule has 3 nitrogen and oxygen atoms in total. The molecule has 3 heteroatoms. The van der Waals surface area contributed by atoms with Crippen molar-refractivity contribution >= 4 is 0 Å². The molecule has 0 aromatic heterocycles. The van der Waals surface area contributed by atoms with Gasteiger partial charge in [-0.3, -0.25) is 0 Å². The highest BCUT2D eigenvalue weighted by molar-refractivity contribution is 4.82. The summed E-state index contributed by atoms with van der Waals surface area (Å²) in [7, 11) is 2.02. The van der Waals surface area contributed by atoms with E-state index in [-0.39, 0.29) is 6.61 Å². The van der Waals surface area contributed by atoms with Crippen LogP contribution in [0.25, 0.3) is 0 Å². The molecule has 0 bridgehead atoms. The van der Waals surface area contributed by atoms with Gasteiger partial charge in [0.25, 0.3) is 0 Å². The summed E-state index contributed by atoms with van der Waals surface area (Å²) in [5, 5.41) is 12.4. The quantitative estimate of drug-likeness (QED) is 0.600. The van der Waals surface area contributed by atoms with Gasteiger partial charge in [-0.15, -0.1) is 0 Å². The van der Waals surface area contributed by atoms with Crippen LogP contribution in [0, 0.1) is 5.41 Å². The predicted octanol–water partition coefficient (Wildman–Crippen LogP) is 1.72. The summed E-state index contributed by atoms with van der Waals surface area (Å²) < 4.78 is 0. The van der Waals surface area contributed by atoms with Gasteiger partial charge in [0.2, 0.25) is 0 Å². The van der Waals surface area contributed by atoms with Gasteiger partial charge in [0.05, 0.1) is 6.61 Å². The van der Waals surface area contributed by atoms with Crippen LogP contribution in [0.5, 0.6) is 0 Å². The van der Waals surface area contributed by atoms with Crippen LogP contribution >= 0.6 is 0 Å². The summed E-state index contributed by atoms with van der Waals surface area (Å²) in [6, 6.07) is 0. The van der Waals surface area contributed by atoms with Crippen molar-refractivity contribution in [1.29, 1.82) is 0 Å². The molecule has 0 spiro atoms. The molecule has 98 valence electrons. The van der Waals surface area contributed by atoms with Gasteiger partial charge in [-0.1, -0.05) is 20.8 Å². The van der Waals surface area contributed by atoms with Crippen LogP contribution < -0.4 is 5.32 Å². The Balaban J connectivity index is 4.41. The molecule has 0 saturated heterocycles. The molecule has 0 fully saturated rings. The maximum atomic E-state index is 9.08. The number of hydrogen-bond donors (Lipinski definition) is 2. The van der Waals surface area contributed by atoms with Crippen molar-refractivity contribution in [1.82, 2.24) is 10.2 Å². The first-order valence-electron chi connectivity index (χ1n) is 6.65. The molecule has 16 heavy (non-hydrogen) atoms. The van der Waals surface area contributed by atoms with E-state index >= 15 is 0 Å². The Kier molecular flexibility index (Phi) is 8.90. The van der Waals surface area contributed by atoms with Crippen molar-refractivity contribution in [2.45, 2.75) is 40.0 Å². The SMILES string of the molecule is CCCN(CCO)CC(CC)(CC)CNC. The van der Waals surface area contributed by atoms with Crippen LogP contribution in [0.1, 0.15) is 40.0 Å². The number of nitrogens with one attached hydrogen (secondary N) is 1. The minimum absolute atomic E-state index is 0.267. The maximum absolute atomic E-state index is 9.08. The zero-order valence-electron chi connectivity index (χ0n) is 11.6. The van der Waals surface area contributed by atoms with Crippen LogP contribution in [0.15, 0.2) is 0 Å². The zero-order valence-corrected chi connectivity index (χ0v) is 11.6. The molecule has 0 aliphatic heterocycles. The lowest BCUT2D eigenvalue weighted by Crippen LogP contribution is -2.44. The van der Waals surface area contributed by atoms with Crippen LogP contribution in [0.3, 0.4) is 0 Å². The first-order chi connectivity index (χ1) is 7.67. The molecule has 0 heterocycles. The fourth-order valence-corrected chi connectivity index (χ4v) is 2.36. The maximum Gasteiger partial charge on any atom is 0.0558 e. The molecule has 0 saturated carbocycles. The second-order valence-electron chi connectivity index (χ2n) is 4.74. The number of nitrogens with zero attached hydrogens (tertiary/aromatic N) is 1. The number of aliphatic hydroxyl groups excluding tert-OH is 1. The van der Waals surface area contributed by atoms with E-state index in [0.717, 1.165) is 32.6 Å². The van der Waals surface area contributed by atoms with E-state index in [1.54, 1.807) is 0 Å². The van der Waals surface area contributed by atoms with Crippen molar-refractivity contribution in [3.05, 3.63) is 0 Å². The summed E-state index contributed by atoms with van der Waals surface area (Å²) in [5.74, 6) is 0. The Bertz CT molecular complexity index is 152. The molecule has 0 rings (SSSR count). The van der Waals surface area contributed by atoms with Crippen LogP contribution in [-0.4, -0.2) is 49.8 Å². The Labute approximate surface area is 101 Å². The topological polar surface area (TPSA) is 35.5 Å². The molecule has 0 atom stereocenters. The average molecular weight is 230 g/mol. The van der Waals surface area contributed by atoms with Crippen molar-refractivity contribution in [2.75, 3.05) is 39.8 Å². The molecule has 0 aromatic carbocycles. The van der Waals surface area contributed by atoms with Gasteiger partial charge < -0.3 is 15.3 Å². The van der Waals surface area contributed by atoms with Crippen LogP contribution in [0.2, 0.25) is 0 Å². The van der Waals surface area contributed by atoms with Gasteiger partial charge in [0.1, 0.15) is 0 Å². The van der Waals surface area contributed by atoms with Gasteiger partial charge >= 0.3 is 0 Å². The third-order valence-corrected chi connectivity index (χ3v) is 3.57. The second kappa shape index (κ2) is 8.97. The highest BCUT2D eigenvalue weighted by atomic mass is 16.3. The monoisotopic (exact) mass is 230 g/mol. The lowest BCUT2D eigenvalue weighted by Gasteiger charge is -2.37. The van der Waals surface area contributed by atoms with Crippen molar-refractivity contribution in [2.24, 2.45) is 5.41 Å². The molecular weight excluding hydrogens is 200 g/mol. The molecule has 2 N–H and O–H groups in total. The van der Waals surface area contributed by atoms with E-state index in [4.69, 9.17) is 5.11 Å². The van der Waals surface area contributed by atoms with Gasteiger partial charge in [-0.25, -0.2) is 0 Å². The van der Waals surface area contributed by atoms with Gasteiger partial charge in [-0.05, 0) is 38.3 Å². The third-order valence-electron chi connectivity index (χ3n) is 3.57. The van der Waals surface area contributed by atoms with E-state index in [1.807, 2.05) is 7.05 Å². The van der Waals surface area contributed by atoms with Gasteiger partial charge in [-0.2, -0.15) is 0 Å². The van der Waals surface area contributed by atoms with E-state index in [1.165, 1.54) is 12.8 Å². The Morgan fingerprint density at radius 2 is 1.75 bits per heavy atom. The molecule has 0 unspecified atom stereocenters. The fraction of sp³-hybridized carbons (Fsp3) is 1.00. The van der Waals surface area contributed by atoms with Crippen LogP contribution in [-0.2, 0) is 0 Å². The van der Waals surface area contributed by atoms with Crippen LogP contribution in [0.4, 0.5) is 0 Å². The number of rotatable bonds is 10. The van der Waals surface area contributed by atoms with E-state index in [0.29, 0.717) is 5.41 Å². The largest absolute Gasteiger partial charge is 0.395 e. The van der Waals surface area contributed by atoms with Crippen molar-refractivity contribution in [3.63, 3.8) is 0 Å². The lowest BCUT2D eigenvalue weighted by molar-refractivity contribution is 0.115. The normalized spacial score (nSPS) is 12.4. The summed E-state index contributed by atoms with van der Waals surface area (Å²) in [5.41, 5.74) is 0.360. The summed E-state index contributed by atoms with van der Waals surface area (Å²) in [6.07, 6.45) is 3.54. The van der Waals surface area contributed by atoms with Crippen molar-refractivity contribution < 1.29 is 5.11 Å². The third kappa shape index (κ3) is 5.28. The fourth-order valence-electron chi connectivity index (χ4n) is 2.36. The highest BCUT2D eigenvalue weighted by Gasteiger charge is 2.27. The van der Waals surface area contributed by atoms with E-state index in [9.17, 15) is 0 Å². The first-order valence-corrected chi connectivity index (χ1v) is 6.65.